The fourth-order valence-corrected chi connectivity index (χ4v) is 3.16. The van der Waals surface area contributed by atoms with Gasteiger partial charge in [0.15, 0.2) is 18.1 Å². The highest BCUT2D eigenvalue weighted by atomic mass is 79.9. The molecule has 0 radical (unpaired) electrons. The number of nitrogens with zero attached hydrogens (tertiary/aromatic N) is 1. The van der Waals surface area contributed by atoms with E-state index in [0.29, 0.717) is 22.6 Å². The number of carbonyl (C=O) groups is 2. The van der Waals surface area contributed by atoms with Crippen molar-refractivity contribution in [1.82, 2.24) is 4.90 Å². The van der Waals surface area contributed by atoms with Gasteiger partial charge in [-0.15, -0.1) is 0 Å². The smallest absolute Gasteiger partial charge is 0.338 e. The van der Waals surface area contributed by atoms with Gasteiger partial charge in [0.2, 0.25) is 0 Å². The molecule has 0 bridgehead atoms. The van der Waals surface area contributed by atoms with Crippen molar-refractivity contribution >= 4 is 27.8 Å². The van der Waals surface area contributed by atoms with Crippen LogP contribution >= 0.6 is 15.9 Å². The molecule has 6 nitrogen and oxygen atoms in total. The summed E-state index contributed by atoms with van der Waals surface area (Å²) in [4.78, 5) is 26.4. The van der Waals surface area contributed by atoms with Gasteiger partial charge in [0, 0.05) is 7.05 Å². The SMILES string of the molecule is CCOc1c(Br)cc(C(=O)OCC(=O)N(C)C(C)c2ccccc2)cc1OC. The second-order valence-electron chi connectivity index (χ2n) is 6.09. The van der Waals surface area contributed by atoms with E-state index in [9.17, 15) is 9.59 Å². The standard InChI is InChI=1S/C21H24BrNO5/c1-5-27-20-17(22)11-16(12-18(20)26-4)21(25)28-13-19(24)23(3)14(2)15-9-7-6-8-10-15/h6-12,14H,5,13H2,1-4H3. The number of hydrogen-bond donors (Lipinski definition) is 0. The zero-order chi connectivity index (χ0) is 20.7. The fraction of sp³-hybridized carbons (Fsp3) is 0.333. The summed E-state index contributed by atoms with van der Waals surface area (Å²) in [6, 6.07) is 12.6. The van der Waals surface area contributed by atoms with Crippen LogP contribution in [0.15, 0.2) is 46.9 Å². The number of likely N-dealkylation sites (N-methyl/N-ethyl adjacent to an activating group) is 1. The Morgan fingerprint density at radius 3 is 2.46 bits per heavy atom. The summed E-state index contributed by atoms with van der Waals surface area (Å²) in [5, 5.41) is 0. The van der Waals surface area contributed by atoms with Crippen LogP contribution in [0, 0.1) is 0 Å². The first-order valence-corrected chi connectivity index (χ1v) is 9.66. The molecule has 0 aliphatic heterocycles. The Bertz CT molecular complexity index is 825. The summed E-state index contributed by atoms with van der Waals surface area (Å²) < 4.78 is 16.6. The Morgan fingerprint density at radius 2 is 1.86 bits per heavy atom. The Balaban J connectivity index is 2.03. The molecule has 0 fully saturated rings. The van der Waals surface area contributed by atoms with Crippen molar-refractivity contribution in [2.24, 2.45) is 0 Å². The van der Waals surface area contributed by atoms with Crippen molar-refractivity contribution in [3.63, 3.8) is 0 Å². The Kier molecular flexibility index (Phi) is 7.87. The first kappa shape index (κ1) is 21.8. The van der Waals surface area contributed by atoms with Crippen molar-refractivity contribution in [3.8, 4) is 11.5 Å². The summed E-state index contributed by atoms with van der Waals surface area (Å²) in [6.45, 7) is 3.88. The van der Waals surface area contributed by atoms with Crippen LogP contribution in [-0.4, -0.2) is 44.1 Å². The lowest BCUT2D eigenvalue weighted by Gasteiger charge is -2.25. The molecular weight excluding hydrogens is 426 g/mol. The Labute approximate surface area is 173 Å². The van der Waals surface area contributed by atoms with Crippen molar-refractivity contribution < 1.29 is 23.8 Å². The zero-order valence-corrected chi connectivity index (χ0v) is 18.0. The molecule has 0 aliphatic rings. The summed E-state index contributed by atoms with van der Waals surface area (Å²) in [5.74, 6) is 0.0104. The van der Waals surface area contributed by atoms with Gasteiger partial charge < -0.3 is 19.1 Å². The second-order valence-corrected chi connectivity index (χ2v) is 6.94. The van der Waals surface area contributed by atoms with Crippen LogP contribution < -0.4 is 9.47 Å². The van der Waals surface area contributed by atoms with Crippen molar-refractivity contribution in [1.29, 1.82) is 0 Å². The monoisotopic (exact) mass is 449 g/mol. The van der Waals surface area contributed by atoms with Gasteiger partial charge in [-0.1, -0.05) is 30.3 Å². The first-order chi connectivity index (χ1) is 13.4. The lowest BCUT2D eigenvalue weighted by molar-refractivity contribution is -0.135. The summed E-state index contributed by atoms with van der Waals surface area (Å²) >= 11 is 3.37. The van der Waals surface area contributed by atoms with E-state index in [2.05, 4.69) is 15.9 Å². The zero-order valence-electron chi connectivity index (χ0n) is 16.4. The molecule has 150 valence electrons. The fourth-order valence-electron chi connectivity index (χ4n) is 2.61. The van der Waals surface area contributed by atoms with Gasteiger partial charge in [-0.25, -0.2) is 4.79 Å². The Morgan fingerprint density at radius 1 is 1.18 bits per heavy atom. The van der Waals surface area contributed by atoms with Crippen LogP contribution in [0.4, 0.5) is 0 Å². The van der Waals surface area contributed by atoms with Gasteiger partial charge in [-0.2, -0.15) is 0 Å². The molecule has 1 atom stereocenters. The van der Waals surface area contributed by atoms with E-state index < -0.39 is 5.97 Å². The number of methoxy groups -OCH3 is 1. The molecule has 1 unspecified atom stereocenters. The highest BCUT2D eigenvalue weighted by Gasteiger charge is 2.21. The Hall–Kier alpha value is -2.54. The van der Waals surface area contributed by atoms with Crippen LogP contribution in [0.3, 0.4) is 0 Å². The quantitative estimate of drug-likeness (QED) is 0.564. The van der Waals surface area contributed by atoms with Gasteiger partial charge in [-0.05, 0) is 47.5 Å². The molecule has 0 aromatic heterocycles. The molecule has 2 rings (SSSR count). The molecule has 1 amide bonds. The topological polar surface area (TPSA) is 65.1 Å². The van der Waals surface area contributed by atoms with Crippen LogP contribution in [0.2, 0.25) is 0 Å². The third kappa shape index (κ3) is 5.25. The average molecular weight is 450 g/mol. The van der Waals surface area contributed by atoms with Gasteiger partial charge in [0.05, 0.1) is 29.8 Å². The molecule has 7 heteroatoms. The lowest BCUT2D eigenvalue weighted by atomic mass is 10.1. The van der Waals surface area contributed by atoms with E-state index in [1.54, 1.807) is 18.0 Å². The molecule has 0 N–H and O–H groups in total. The highest BCUT2D eigenvalue weighted by molar-refractivity contribution is 9.10. The van der Waals surface area contributed by atoms with E-state index in [-0.39, 0.29) is 24.1 Å². The third-order valence-corrected chi connectivity index (χ3v) is 4.93. The van der Waals surface area contributed by atoms with Gasteiger partial charge in [0.1, 0.15) is 0 Å². The summed E-state index contributed by atoms with van der Waals surface area (Å²) in [6.07, 6.45) is 0. The second kappa shape index (κ2) is 10.1. The van der Waals surface area contributed by atoms with Crippen molar-refractivity contribution in [2.45, 2.75) is 19.9 Å². The van der Waals surface area contributed by atoms with Crippen molar-refractivity contribution in [3.05, 3.63) is 58.1 Å². The molecule has 0 spiro atoms. The first-order valence-electron chi connectivity index (χ1n) is 8.87. The van der Waals surface area contributed by atoms with E-state index in [1.165, 1.54) is 13.2 Å². The van der Waals surface area contributed by atoms with E-state index in [0.717, 1.165) is 5.56 Å². The minimum Gasteiger partial charge on any atom is -0.493 e. The number of halogens is 1. The number of carbonyl (C=O) groups excluding carboxylic acids is 2. The maximum absolute atomic E-state index is 12.4. The van der Waals surface area contributed by atoms with Crippen LogP contribution in [0.1, 0.15) is 35.8 Å². The predicted molar refractivity (Wildman–Crippen MR) is 110 cm³/mol. The highest BCUT2D eigenvalue weighted by Crippen LogP contribution is 2.36. The number of hydrogen-bond acceptors (Lipinski definition) is 5. The molecular formula is C21H24BrNO5. The van der Waals surface area contributed by atoms with Crippen LogP contribution in [0.5, 0.6) is 11.5 Å². The molecule has 2 aromatic carbocycles. The van der Waals surface area contributed by atoms with E-state index in [4.69, 9.17) is 14.2 Å². The minimum absolute atomic E-state index is 0.132. The number of amides is 1. The number of ether oxygens (including phenoxy) is 3. The lowest BCUT2D eigenvalue weighted by Crippen LogP contribution is -2.33. The van der Waals surface area contributed by atoms with Crippen LogP contribution in [-0.2, 0) is 9.53 Å². The number of benzene rings is 2. The third-order valence-electron chi connectivity index (χ3n) is 4.34. The number of rotatable bonds is 8. The van der Waals surface area contributed by atoms with Gasteiger partial charge >= 0.3 is 5.97 Å². The molecule has 0 aliphatic carbocycles. The predicted octanol–water partition coefficient (Wildman–Crippen LogP) is 4.23. The van der Waals surface area contributed by atoms with E-state index >= 15 is 0 Å². The molecule has 0 saturated heterocycles. The molecule has 0 saturated carbocycles. The van der Waals surface area contributed by atoms with Gasteiger partial charge in [-0.3, -0.25) is 4.79 Å². The normalized spacial score (nSPS) is 11.5. The van der Waals surface area contributed by atoms with E-state index in [1.807, 2.05) is 44.2 Å². The molecule has 0 heterocycles. The maximum Gasteiger partial charge on any atom is 0.338 e. The largest absolute Gasteiger partial charge is 0.493 e. The molecule has 2 aromatic rings. The average Bonchev–Trinajstić information content (AvgIpc) is 2.72. The summed E-state index contributed by atoms with van der Waals surface area (Å²) in [7, 11) is 3.17. The summed E-state index contributed by atoms with van der Waals surface area (Å²) in [5.41, 5.74) is 1.27. The van der Waals surface area contributed by atoms with Gasteiger partial charge in [0.25, 0.3) is 5.91 Å². The maximum atomic E-state index is 12.4. The minimum atomic E-state index is -0.615. The van der Waals surface area contributed by atoms with Crippen LogP contribution in [0.25, 0.3) is 0 Å². The molecule has 28 heavy (non-hydrogen) atoms. The van der Waals surface area contributed by atoms with Crippen molar-refractivity contribution in [2.75, 3.05) is 27.4 Å². The number of esters is 1.